The summed E-state index contributed by atoms with van der Waals surface area (Å²) in [6.45, 7) is 0. The lowest BCUT2D eigenvalue weighted by Gasteiger charge is -2.30. The summed E-state index contributed by atoms with van der Waals surface area (Å²) in [5, 5.41) is 9.57. The molecule has 5 aromatic rings. The zero-order chi connectivity index (χ0) is 23.6. The van der Waals surface area contributed by atoms with Gasteiger partial charge in [0, 0.05) is 33.4 Å². The van der Waals surface area contributed by atoms with Gasteiger partial charge in [0.25, 0.3) is 0 Å². The van der Waals surface area contributed by atoms with Crippen LogP contribution in [0.4, 0.5) is 11.4 Å². The highest BCUT2D eigenvalue weighted by molar-refractivity contribution is 8.00. The largest absolute Gasteiger partial charge is 0.278 e. The maximum atomic E-state index is 13.7. The van der Waals surface area contributed by atoms with Crippen LogP contribution in [0.25, 0.3) is 17.1 Å². The highest BCUT2D eigenvalue weighted by Crippen LogP contribution is 2.48. The van der Waals surface area contributed by atoms with Crippen LogP contribution in [-0.4, -0.2) is 31.4 Å². The van der Waals surface area contributed by atoms with Crippen LogP contribution in [0.15, 0.2) is 118 Å². The monoisotopic (exact) mass is 493 g/mol. The molecule has 170 valence electrons. The van der Waals surface area contributed by atoms with Gasteiger partial charge in [0.2, 0.25) is 5.91 Å². The summed E-state index contributed by atoms with van der Waals surface area (Å²) in [6.07, 6.45) is 3.47. The van der Waals surface area contributed by atoms with Gasteiger partial charge in [-0.05, 0) is 48.5 Å². The van der Waals surface area contributed by atoms with Crippen molar-refractivity contribution in [3.8, 4) is 17.1 Å². The number of thioether (sulfide) groups is 1. The first-order chi connectivity index (χ1) is 17.3. The Morgan fingerprint density at radius 1 is 0.771 bits per heavy atom. The molecule has 0 saturated carbocycles. The second kappa shape index (κ2) is 9.40. The minimum absolute atomic E-state index is 0.0109. The summed E-state index contributed by atoms with van der Waals surface area (Å²) in [4.78, 5) is 21.7. The molecule has 3 heterocycles. The van der Waals surface area contributed by atoms with Crippen LogP contribution < -0.4 is 4.90 Å². The van der Waals surface area contributed by atoms with E-state index in [1.165, 1.54) is 11.8 Å². The molecule has 6 rings (SSSR count). The molecule has 3 aromatic carbocycles. The van der Waals surface area contributed by atoms with E-state index < -0.39 is 0 Å². The molecule has 1 aliphatic heterocycles. The smallest absolute Gasteiger partial charge is 0.242 e. The van der Waals surface area contributed by atoms with Crippen molar-refractivity contribution in [2.75, 3.05) is 10.7 Å². The maximum Gasteiger partial charge on any atom is 0.242 e. The van der Waals surface area contributed by atoms with Gasteiger partial charge in [0.05, 0.1) is 17.1 Å². The van der Waals surface area contributed by atoms with E-state index in [2.05, 4.69) is 27.3 Å². The molecule has 0 bridgehead atoms. The molecule has 8 heteroatoms. The van der Waals surface area contributed by atoms with E-state index in [-0.39, 0.29) is 11.7 Å². The molecule has 0 N–H and O–H groups in total. The first-order valence-corrected chi connectivity index (χ1v) is 12.8. The standard InChI is InChI=1S/C27H19N5OS2/c33-25(32-21-10-4-6-12-23(21)35-24-13-7-5-11-22(24)32)18-34-27-30-29-26(19-14-16-28-17-15-19)31(27)20-8-2-1-3-9-20/h1-17H,18H2. The molecular weight excluding hydrogens is 474 g/mol. The second-order valence-corrected chi connectivity index (χ2v) is 9.79. The summed E-state index contributed by atoms with van der Waals surface area (Å²) < 4.78 is 1.99. The van der Waals surface area contributed by atoms with Crippen LogP contribution >= 0.6 is 23.5 Å². The van der Waals surface area contributed by atoms with E-state index in [1.54, 1.807) is 24.2 Å². The number of nitrogens with zero attached hydrogens (tertiary/aromatic N) is 5. The van der Waals surface area contributed by atoms with E-state index in [1.807, 2.05) is 88.3 Å². The van der Waals surface area contributed by atoms with Gasteiger partial charge >= 0.3 is 0 Å². The molecule has 0 spiro atoms. The summed E-state index contributed by atoms with van der Waals surface area (Å²) in [6, 6.07) is 29.8. The predicted molar refractivity (Wildman–Crippen MR) is 139 cm³/mol. The fourth-order valence-corrected chi connectivity index (χ4v) is 5.88. The maximum absolute atomic E-state index is 13.7. The first kappa shape index (κ1) is 21.6. The molecule has 0 unspecified atom stereocenters. The van der Waals surface area contributed by atoms with Crippen molar-refractivity contribution < 1.29 is 4.79 Å². The second-order valence-electron chi connectivity index (χ2n) is 7.77. The van der Waals surface area contributed by atoms with E-state index in [0.29, 0.717) is 11.0 Å². The summed E-state index contributed by atoms with van der Waals surface area (Å²) in [5.74, 6) is 0.913. The van der Waals surface area contributed by atoms with E-state index in [4.69, 9.17) is 0 Å². The third-order valence-corrected chi connectivity index (χ3v) is 7.64. The Morgan fingerprint density at radius 2 is 1.40 bits per heavy atom. The van der Waals surface area contributed by atoms with Crippen molar-refractivity contribution in [3.63, 3.8) is 0 Å². The number of rotatable bonds is 5. The van der Waals surface area contributed by atoms with Crippen molar-refractivity contribution in [2.24, 2.45) is 0 Å². The highest BCUT2D eigenvalue weighted by atomic mass is 32.2. The van der Waals surface area contributed by atoms with Gasteiger partial charge in [-0.25, -0.2) is 0 Å². The Balaban J connectivity index is 1.34. The summed E-state index contributed by atoms with van der Waals surface area (Å²) in [5.41, 5.74) is 3.65. The number of amides is 1. The number of anilines is 2. The van der Waals surface area contributed by atoms with Gasteiger partial charge in [-0.2, -0.15) is 0 Å². The zero-order valence-electron chi connectivity index (χ0n) is 18.5. The minimum Gasteiger partial charge on any atom is -0.278 e. The third-order valence-electron chi connectivity index (χ3n) is 5.59. The van der Waals surface area contributed by atoms with Gasteiger partial charge in [0.1, 0.15) is 0 Å². The third kappa shape index (κ3) is 4.11. The lowest BCUT2D eigenvalue weighted by Crippen LogP contribution is -2.30. The lowest BCUT2D eigenvalue weighted by atomic mass is 10.2. The number of aromatic nitrogens is 4. The van der Waals surface area contributed by atoms with Crippen LogP contribution in [0.5, 0.6) is 0 Å². The van der Waals surface area contributed by atoms with Gasteiger partial charge in [0.15, 0.2) is 11.0 Å². The number of carbonyl (C=O) groups is 1. The fourth-order valence-electron chi connectivity index (χ4n) is 4.03. The van der Waals surface area contributed by atoms with Crippen molar-refractivity contribution >= 4 is 40.8 Å². The Bertz CT molecular complexity index is 1460. The minimum atomic E-state index is -0.0109. The lowest BCUT2D eigenvalue weighted by molar-refractivity contribution is -0.115. The average Bonchev–Trinajstić information content (AvgIpc) is 3.35. The van der Waals surface area contributed by atoms with Crippen LogP contribution in [-0.2, 0) is 4.79 Å². The number of benzene rings is 3. The molecule has 1 amide bonds. The topological polar surface area (TPSA) is 63.9 Å². The summed E-state index contributed by atoms with van der Waals surface area (Å²) in [7, 11) is 0. The zero-order valence-corrected chi connectivity index (χ0v) is 20.1. The van der Waals surface area contributed by atoms with Crippen molar-refractivity contribution in [2.45, 2.75) is 14.9 Å². The van der Waals surface area contributed by atoms with Gasteiger partial charge in [-0.3, -0.25) is 19.2 Å². The number of para-hydroxylation sites is 3. The quantitative estimate of drug-likeness (QED) is 0.270. The molecule has 6 nitrogen and oxygen atoms in total. The van der Waals surface area contributed by atoms with E-state index in [0.717, 1.165) is 32.4 Å². The Labute approximate surface area is 211 Å². The number of hydrogen-bond acceptors (Lipinski definition) is 6. The van der Waals surface area contributed by atoms with Crippen molar-refractivity contribution in [3.05, 3.63) is 103 Å². The van der Waals surface area contributed by atoms with E-state index in [9.17, 15) is 4.79 Å². The molecule has 2 aromatic heterocycles. The van der Waals surface area contributed by atoms with Crippen molar-refractivity contribution in [1.29, 1.82) is 0 Å². The first-order valence-electron chi connectivity index (χ1n) is 11.0. The van der Waals surface area contributed by atoms with Gasteiger partial charge < -0.3 is 0 Å². The SMILES string of the molecule is O=C(CSc1nnc(-c2ccncc2)n1-c1ccccc1)N1c2ccccc2Sc2ccccc21. The number of pyridine rings is 1. The molecule has 35 heavy (non-hydrogen) atoms. The normalized spacial score (nSPS) is 12.2. The summed E-state index contributed by atoms with van der Waals surface area (Å²) >= 11 is 3.07. The molecular formula is C27H19N5OS2. The van der Waals surface area contributed by atoms with Crippen LogP contribution in [0.2, 0.25) is 0 Å². The van der Waals surface area contributed by atoms with Crippen LogP contribution in [0.3, 0.4) is 0 Å². The fraction of sp³-hybridized carbons (Fsp3) is 0.0370. The van der Waals surface area contributed by atoms with Crippen LogP contribution in [0, 0.1) is 0 Å². The molecule has 1 aliphatic rings. The number of fused-ring (bicyclic) bond motifs is 2. The Morgan fingerprint density at radius 3 is 2.09 bits per heavy atom. The van der Waals surface area contributed by atoms with Crippen LogP contribution in [0.1, 0.15) is 0 Å². The van der Waals surface area contributed by atoms with Gasteiger partial charge in [-0.15, -0.1) is 10.2 Å². The van der Waals surface area contributed by atoms with Gasteiger partial charge in [-0.1, -0.05) is 66.0 Å². The van der Waals surface area contributed by atoms with Crippen molar-refractivity contribution in [1.82, 2.24) is 19.7 Å². The molecule has 0 aliphatic carbocycles. The molecule has 0 saturated heterocycles. The predicted octanol–water partition coefficient (Wildman–Crippen LogP) is 6.25. The molecule has 0 radical (unpaired) electrons. The Kier molecular flexibility index (Phi) is 5.81. The Hall–Kier alpha value is -3.88. The van der Waals surface area contributed by atoms with E-state index >= 15 is 0 Å². The highest BCUT2D eigenvalue weighted by Gasteiger charge is 2.28. The molecule has 0 atom stereocenters. The molecule has 0 fully saturated rings. The number of carbonyl (C=O) groups excluding carboxylic acids is 1. The average molecular weight is 494 g/mol. The number of hydrogen-bond donors (Lipinski definition) is 0.